The fraction of sp³-hybridized carbons (Fsp3) is 0.464. The molecule has 0 aromatic heterocycles. The number of aliphatic imine (C=N–C) groups is 1. The number of allylic oxidation sites excluding steroid dienone is 1. The number of thioether (sulfide) groups is 1. The predicted octanol–water partition coefficient (Wildman–Crippen LogP) is 6.71. The Morgan fingerprint density at radius 2 is 1.91 bits per heavy atom. The maximum absolute atomic E-state index is 13.7. The van der Waals surface area contributed by atoms with Crippen molar-refractivity contribution in [3.63, 3.8) is 0 Å². The van der Waals surface area contributed by atoms with Gasteiger partial charge in [0, 0.05) is 42.2 Å². The van der Waals surface area contributed by atoms with Crippen molar-refractivity contribution in [2.75, 3.05) is 19.8 Å². The molecule has 1 fully saturated rings. The van der Waals surface area contributed by atoms with Gasteiger partial charge in [0.25, 0.3) is 0 Å². The number of hydrogen-bond acceptors (Lipinski definition) is 5. The molecule has 1 aromatic rings. The lowest BCUT2D eigenvalue weighted by Crippen LogP contribution is -2.52. The number of nitrogens with one attached hydrogen (secondary N) is 2. The highest BCUT2D eigenvalue weighted by Crippen LogP contribution is 2.34. The van der Waals surface area contributed by atoms with Crippen LogP contribution in [0.4, 0.5) is 4.39 Å². The van der Waals surface area contributed by atoms with E-state index in [1.165, 1.54) is 5.56 Å². The Labute approximate surface area is 210 Å². The molecule has 0 radical (unpaired) electrons. The van der Waals surface area contributed by atoms with Crippen molar-refractivity contribution in [1.29, 1.82) is 0 Å². The minimum Gasteiger partial charge on any atom is -0.358 e. The van der Waals surface area contributed by atoms with Crippen LogP contribution in [0, 0.1) is 12.8 Å². The SMILES string of the molecule is C=C(C)SC(=C)c1cc2c(C)c(c1)C=C(NC(=C)N1CCC(NC(C)C)C(CF)C1)N=C2.CC. The average Bonchev–Trinajstić information content (AvgIpc) is 2.87. The highest BCUT2D eigenvalue weighted by molar-refractivity contribution is 8.11. The van der Waals surface area contributed by atoms with E-state index in [1.54, 1.807) is 11.8 Å². The molecule has 0 amide bonds. The lowest BCUT2D eigenvalue weighted by atomic mass is 9.92. The molecule has 2 bridgehead atoms. The maximum Gasteiger partial charge on any atom is 0.131 e. The average molecular weight is 485 g/mol. The Kier molecular flexibility index (Phi) is 10.6. The van der Waals surface area contributed by atoms with Crippen molar-refractivity contribution in [2.45, 2.75) is 60.0 Å². The fourth-order valence-electron chi connectivity index (χ4n) is 4.17. The van der Waals surface area contributed by atoms with Crippen molar-refractivity contribution in [3.05, 3.63) is 70.7 Å². The topological polar surface area (TPSA) is 39.7 Å². The van der Waals surface area contributed by atoms with Gasteiger partial charge in [-0.25, -0.2) is 4.99 Å². The van der Waals surface area contributed by atoms with Gasteiger partial charge in [-0.15, -0.1) is 0 Å². The van der Waals surface area contributed by atoms with Crippen LogP contribution in [0.5, 0.6) is 0 Å². The normalized spacial score (nSPS) is 19.1. The van der Waals surface area contributed by atoms with Crippen molar-refractivity contribution in [2.24, 2.45) is 10.9 Å². The molecule has 3 rings (SSSR count). The smallest absolute Gasteiger partial charge is 0.131 e. The van der Waals surface area contributed by atoms with Crippen LogP contribution >= 0.6 is 11.8 Å². The summed E-state index contributed by atoms with van der Waals surface area (Å²) >= 11 is 1.58. The first-order valence-corrected chi connectivity index (χ1v) is 13.0. The second kappa shape index (κ2) is 13.0. The molecule has 0 spiro atoms. The highest BCUT2D eigenvalue weighted by Gasteiger charge is 2.30. The molecular formula is C28H41FN4S. The third-order valence-corrected chi connectivity index (χ3v) is 6.71. The number of piperidine rings is 1. The summed E-state index contributed by atoms with van der Waals surface area (Å²) in [4.78, 5) is 8.76. The monoisotopic (exact) mass is 484 g/mol. The van der Waals surface area contributed by atoms with E-state index in [0.29, 0.717) is 12.6 Å². The van der Waals surface area contributed by atoms with Crippen LogP contribution in [0.2, 0.25) is 0 Å². The van der Waals surface area contributed by atoms with Gasteiger partial charge in [-0.1, -0.05) is 59.2 Å². The first-order valence-electron chi connectivity index (χ1n) is 12.1. The molecule has 34 heavy (non-hydrogen) atoms. The van der Waals surface area contributed by atoms with Gasteiger partial charge in [0.05, 0.1) is 12.5 Å². The molecule has 2 atom stereocenters. The number of rotatable bonds is 9. The number of alkyl halides is 1. The minimum atomic E-state index is -0.338. The van der Waals surface area contributed by atoms with E-state index >= 15 is 0 Å². The van der Waals surface area contributed by atoms with Crippen molar-refractivity contribution < 1.29 is 4.39 Å². The Morgan fingerprint density at radius 1 is 1.24 bits per heavy atom. The lowest BCUT2D eigenvalue weighted by Gasteiger charge is -2.40. The third-order valence-electron chi connectivity index (χ3n) is 5.88. The lowest BCUT2D eigenvalue weighted by molar-refractivity contribution is 0.136. The quantitative estimate of drug-likeness (QED) is 0.409. The minimum absolute atomic E-state index is 0.0482. The summed E-state index contributed by atoms with van der Waals surface area (Å²) in [5, 5.41) is 6.86. The van der Waals surface area contributed by atoms with Crippen molar-refractivity contribution in [3.8, 4) is 0 Å². The second-order valence-electron chi connectivity index (χ2n) is 8.94. The van der Waals surface area contributed by atoms with Crippen LogP contribution < -0.4 is 10.6 Å². The summed E-state index contributed by atoms with van der Waals surface area (Å²) in [7, 11) is 0. The van der Waals surface area contributed by atoms with Gasteiger partial charge in [0.1, 0.15) is 5.82 Å². The molecule has 2 aliphatic rings. The molecule has 0 aliphatic carbocycles. The van der Waals surface area contributed by atoms with E-state index < -0.39 is 0 Å². The summed E-state index contributed by atoms with van der Waals surface area (Å²) in [6.45, 7) is 25.8. The first kappa shape index (κ1) is 27.9. The van der Waals surface area contributed by atoms with E-state index in [9.17, 15) is 4.39 Å². The predicted molar refractivity (Wildman–Crippen MR) is 150 cm³/mol. The zero-order valence-corrected chi connectivity index (χ0v) is 22.5. The molecule has 2 unspecified atom stereocenters. The largest absolute Gasteiger partial charge is 0.358 e. The van der Waals surface area contributed by atoms with Crippen molar-refractivity contribution in [1.82, 2.24) is 15.5 Å². The summed E-state index contributed by atoms with van der Waals surface area (Å²) in [6, 6.07) is 4.80. The van der Waals surface area contributed by atoms with E-state index in [2.05, 4.69) is 73.2 Å². The highest BCUT2D eigenvalue weighted by atomic mass is 32.2. The zero-order chi connectivity index (χ0) is 25.4. The summed E-state index contributed by atoms with van der Waals surface area (Å²) in [5.41, 5.74) is 4.40. The van der Waals surface area contributed by atoms with Gasteiger partial charge in [-0.3, -0.25) is 4.39 Å². The number of nitrogens with zero attached hydrogens (tertiary/aromatic N) is 2. The van der Waals surface area contributed by atoms with Gasteiger partial charge in [-0.05, 0) is 65.6 Å². The van der Waals surface area contributed by atoms with Crippen LogP contribution in [0.25, 0.3) is 11.0 Å². The Hall–Kier alpha value is -2.31. The van der Waals surface area contributed by atoms with E-state index in [-0.39, 0.29) is 18.6 Å². The Balaban J connectivity index is 0.00000199. The Morgan fingerprint density at radius 3 is 2.53 bits per heavy atom. The van der Waals surface area contributed by atoms with E-state index in [0.717, 1.165) is 51.1 Å². The number of hydrogen-bond donors (Lipinski definition) is 2. The molecule has 2 N–H and O–H groups in total. The number of benzene rings is 1. The molecule has 0 saturated carbocycles. The summed E-state index contributed by atoms with van der Waals surface area (Å²) < 4.78 is 13.7. The second-order valence-corrected chi connectivity index (χ2v) is 10.3. The van der Waals surface area contributed by atoms with Crippen LogP contribution in [-0.4, -0.2) is 43.0 Å². The molecule has 1 saturated heterocycles. The van der Waals surface area contributed by atoms with Crippen LogP contribution in [0.15, 0.2) is 53.4 Å². The van der Waals surface area contributed by atoms with Gasteiger partial charge >= 0.3 is 0 Å². The number of fused-ring (bicyclic) bond motifs is 2. The molecule has 4 nitrogen and oxygen atoms in total. The zero-order valence-electron chi connectivity index (χ0n) is 21.7. The Bertz CT molecular complexity index is 963. The first-order chi connectivity index (χ1) is 16.2. The third kappa shape index (κ3) is 7.34. The molecular weight excluding hydrogens is 443 g/mol. The summed E-state index contributed by atoms with van der Waals surface area (Å²) in [5.74, 6) is 1.43. The van der Waals surface area contributed by atoms with E-state index in [1.807, 2.05) is 33.1 Å². The van der Waals surface area contributed by atoms with Gasteiger partial charge < -0.3 is 15.5 Å². The molecule has 1 aromatic carbocycles. The van der Waals surface area contributed by atoms with Crippen molar-refractivity contribution >= 4 is 29.0 Å². The van der Waals surface area contributed by atoms with Crippen LogP contribution in [0.1, 0.15) is 63.3 Å². The molecule has 6 heteroatoms. The van der Waals surface area contributed by atoms with E-state index in [4.69, 9.17) is 0 Å². The van der Waals surface area contributed by atoms with Gasteiger partial charge in [-0.2, -0.15) is 0 Å². The number of halogens is 1. The fourth-order valence-corrected chi connectivity index (χ4v) is 4.83. The van der Waals surface area contributed by atoms with Crippen LogP contribution in [-0.2, 0) is 0 Å². The summed E-state index contributed by atoms with van der Waals surface area (Å²) in [6.07, 6.45) is 4.81. The molecule has 2 heterocycles. The van der Waals surface area contributed by atoms with Crippen LogP contribution in [0.3, 0.4) is 0 Å². The molecule has 2 aliphatic heterocycles. The van der Waals surface area contributed by atoms with Gasteiger partial charge in [0.15, 0.2) is 0 Å². The maximum atomic E-state index is 13.7. The standard InChI is InChI=1S/C26H35FN4S.C2H6/c1-16(2)29-25-8-9-31(15-24(25)13-27)20(7)30-26-12-21-10-22(19(6)32-17(3)4)11-23(14-28-26)18(21)5;1-2/h10-12,14,16,24-25,29-30H,3,6-9,13,15H2,1-2,4-5H3;1-2H3. The van der Waals surface area contributed by atoms with Gasteiger partial charge in [0.2, 0.25) is 0 Å². The molecule has 186 valence electrons. The number of likely N-dealkylation sites (tertiary alicyclic amines) is 1.